The van der Waals surface area contributed by atoms with Gasteiger partial charge < -0.3 is 10.1 Å². The minimum Gasteiger partial charge on any atom is -0.461 e. The standard InChI is InChI=1S/C26H27ClN4O4/c1-5-35-24(33)20-13-22-23(32)31(21-12-19(27)11-8-17(21)3)26(4,15-30(22)29-20)25(34)28-14-18-9-6-16(2)7-10-18/h6-13H,5,14-15H2,1-4H3,(H,28,34). The molecule has 0 fully saturated rings. The van der Waals surface area contributed by atoms with Crippen LogP contribution in [0.1, 0.15) is 51.5 Å². The minimum absolute atomic E-state index is 0.0160. The molecule has 0 bridgehead atoms. The molecule has 1 aromatic heterocycles. The number of benzene rings is 2. The second-order valence-corrected chi connectivity index (χ2v) is 9.24. The van der Waals surface area contributed by atoms with Crippen LogP contribution in [0.5, 0.6) is 0 Å². The first kappa shape index (κ1) is 24.5. The van der Waals surface area contributed by atoms with Crippen LogP contribution in [0.25, 0.3) is 0 Å². The average Bonchev–Trinajstić information content (AvgIpc) is 3.25. The number of carbonyl (C=O) groups is 3. The van der Waals surface area contributed by atoms with Crippen LogP contribution in [0.15, 0.2) is 48.5 Å². The van der Waals surface area contributed by atoms with Crippen LogP contribution < -0.4 is 10.2 Å². The van der Waals surface area contributed by atoms with Gasteiger partial charge in [-0.05, 0) is 51.0 Å². The van der Waals surface area contributed by atoms with Crippen molar-refractivity contribution in [3.63, 3.8) is 0 Å². The Bertz CT molecular complexity index is 1300. The fourth-order valence-corrected chi connectivity index (χ4v) is 4.33. The smallest absolute Gasteiger partial charge is 0.358 e. The third-order valence-electron chi connectivity index (χ3n) is 6.11. The maximum atomic E-state index is 13.8. The van der Waals surface area contributed by atoms with Gasteiger partial charge in [-0.2, -0.15) is 5.10 Å². The molecule has 0 aliphatic carbocycles. The third kappa shape index (κ3) is 4.66. The molecule has 2 amide bonds. The Labute approximate surface area is 208 Å². The fraction of sp³-hybridized carbons (Fsp3) is 0.308. The van der Waals surface area contributed by atoms with Crippen LogP contribution in [0.3, 0.4) is 0 Å². The summed E-state index contributed by atoms with van der Waals surface area (Å²) in [6, 6.07) is 14.4. The summed E-state index contributed by atoms with van der Waals surface area (Å²) in [6.45, 7) is 7.74. The first-order valence-corrected chi connectivity index (χ1v) is 11.7. The van der Waals surface area contributed by atoms with E-state index >= 15 is 0 Å². The predicted octanol–water partition coefficient (Wildman–Crippen LogP) is 4.07. The molecule has 9 heteroatoms. The summed E-state index contributed by atoms with van der Waals surface area (Å²) in [5, 5.41) is 7.68. The highest BCUT2D eigenvalue weighted by atomic mass is 35.5. The molecule has 3 aromatic rings. The van der Waals surface area contributed by atoms with Gasteiger partial charge in [0.1, 0.15) is 11.2 Å². The molecule has 1 unspecified atom stereocenters. The number of anilines is 1. The van der Waals surface area contributed by atoms with Gasteiger partial charge in [-0.1, -0.05) is 47.5 Å². The highest BCUT2D eigenvalue weighted by Gasteiger charge is 2.49. The lowest BCUT2D eigenvalue weighted by Gasteiger charge is -2.43. The zero-order valence-corrected chi connectivity index (χ0v) is 20.8. The second-order valence-electron chi connectivity index (χ2n) is 8.81. The Hall–Kier alpha value is -3.65. The van der Waals surface area contributed by atoms with E-state index < -0.39 is 17.4 Å². The zero-order chi connectivity index (χ0) is 25.3. The van der Waals surface area contributed by atoms with Gasteiger partial charge >= 0.3 is 5.97 Å². The van der Waals surface area contributed by atoms with E-state index in [2.05, 4.69) is 10.4 Å². The molecule has 35 heavy (non-hydrogen) atoms. The number of nitrogens with one attached hydrogen (secondary N) is 1. The highest BCUT2D eigenvalue weighted by Crippen LogP contribution is 2.36. The summed E-state index contributed by atoms with van der Waals surface area (Å²) in [5.74, 6) is -1.44. The van der Waals surface area contributed by atoms with Crippen molar-refractivity contribution in [2.24, 2.45) is 0 Å². The summed E-state index contributed by atoms with van der Waals surface area (Å²) >= 11 is 6.27. The molecule has 0 saturated carbocycles. The van der Waals surface area contributed by atoms with E-state index in [0.29, 0.717) is 17.3 Å². The number of esters is 1. The number of aromatic nitrogens is 2. The van der Waals surface area contributed by atoms with Crippen LogP contribution in [-0.2, 0) is 22.6 Å². The van der Waals surface area contributed by atoms with E-state index in [1.165, 1.54) is 15.6 Å². The number of rotatable bonds is 6. The number of hydrogen-bond donors (Lipinski definition) is 1. The molecule has 1 N–H and O–H groups in total. The zero-order valence-electron chi connectivity index (χ0n) is 20.1. The van der Waals surface area contributed by atoms with Crippen molar-refractivity contribution in [1.82, 2.24) is 15.1 Å². The van der Waals surface area contributed by atoms with Crippen molar-refractivity contribution in [1.29, 1.82) is 0 Å². The number of fused-ring (bicyclic) bond motifs is 1. The Morgan fingerprint density at radius 2 is 1.86 bits per heavy atom. The van der Waals surface area contributed by atoms with Crippen molar-refractivity contribution in [2.45, 2.75) is 46.3 Å². The molecule has 2 aromatic carbocycles. The van der Waals surface area contributed by atoms with Gasteiger partial charge in [-0.25, -0.2) is 4.79 Å². The summed E-state index contributed by atoms with van der Waals surface area (Å²) in [6.07, 6.45) is 0. The molecule has 182 valence electrons. The van der Waals surface area contributed by atoms with Crippen molar-refractivity contribution in [2.75, 3.05) is 11.5 Å². The Kier molecular flexibility index (Phi) is 6.67. The summed E-state index contributed by atoms with van der Waals surface area (Å²) in [4.78, 5) is 41.2. The van der Waals surface area contributed by atoms with E-state index in [1.807, 2.05) is 38.1 Å². The summed E-state index contributed by atoms with van der Waals surface area (Å²) in [7, 11) is 0. The highest BCUT2D eigenvalue weighted by molar-refractivity contribution is 6.31. The summed E-state index contributed by atoms with van der Waals surface area (Å²) < 4.78 is 6.45. The van der Waals surface area contributed by atoms with Gasteiger partial charge in [0.2, 0.25) is 5.91 Å². The number of carbonyl (C=O) groups excluding carboxylic acids is 3. The lowest BCUT2D eigenvalue weighted by molar-refractivity contribution is -0.126. The average molecular weight is 495 g/mol. The summed E-state index contributed by atoms with van der Waals surface area (Å²) in [5.41, 5.74) is 2.21. The third-order valence-corrected chi connectivity index (χ3v) is 6.35. The number of ether oxygens (including phenoxy) is 1. The molecule has 1 atom stereocenters. The van der Waals surface area contributed by atoms with Crippen LogP contribution in [-0.4, -0.2) is 39.7 Å². The quantitative estimate of drug-likeness (QED) is 0.521. The number of amides is 2. The first-order chi connectivity index (χ1) is 16.6. The molecule has 1 aliphatic heterocycles. The first-order valence-electron chi connectivity index (χ1n) is 11.3. The largest absolute Gasteiger partial charge is 0.461 e. The molecule has 0 saturated heterocycles. The minimum atomic E-state index is -1.35. The lowest BCUT2D eigenvalue weighted by atomic mass is 9.93. The van der Waals surface area contributed by atoms with Crippen LogP contribution in [0.2, 0.25) is 5.02 Å². The Morgan fingerprint density at radius 3 is 2.54 bits per heavy atom. The van der Waals surface area contributed by atoms with Crippen LogP contribution in [0.4, 0.5) is 5.69 Å². The van der Waals surface area contributed by atoms with E-state index in [1.54, 1.807) is 32.0 Å². The van der Waals surface area contributed by atoms with Crippen molar-refractivity contribution in [3.05, 3.63) is 81.6 Å². The number of hydrogen-bond acceptors (Lipinski definition) is 5. The Morgan fingerprint density at radius 1 is 1.14 bits per heavy atom. The van der Waals surface area contributed by atoms with E-state index in [4.69, 9.17) is 16.3 Å². The van der Waals surface area contributed by atoms with Gasteiger partial charge in [0, 0.05) is 23.3 Å². The van der Waals surface area contributed by atoms with Crippen molar-refractivity contribution in [3.8, 4) is 0 Å². The van der Waals surface area contributed by atoms with E-state index in [0.717, 1.165) is 16.7 Å². The second kappa shape index (κ2) is 9.54. The fourth-order valence-electron chi connectivity index (χ4n) is 4.17. The molecule has 1 aliphatic rings. The Balaban J connectivity index is 1.75. The van der Waals surface area contributed by atoms with Gasteiger partial charge in [-0.3, -0.25) is 19.2 Å². The molecular weight excluding hydrogens is 468 g/mol. The predicted molar refractivity (Wildman–Crippen MR) is 133 cm³/mol. The van der Waals surface area contributed by atoms with Gasteiger partial charge in [0.15, 0.2) is 5.69 Å². The van der Waals surface area contributed by atoms with Gasteiger partial charge in [0.25, 0.3) is 5.91 Å². The van der Waals surface area contributed by atoms with Gasteiger partial charge in [-0.15, -0.1) is 0 Å². The number of halogens is 1. The topological polar surface area (TPSA) is 93.5 Å². The van der Waals surface area contributed by atoms with Crippen molar-refractivity contribution < 1.29 is 19.1 Å². The molecule has 0 spiro atoms. The maximum absolute atomic E-state index is 13.8. The monoisotopic (exact) mass is 494 g/mol. The van der Waals surface area contributed by atoms with Crippen LogP contribution in [0, 0.1) is 13.8 Å². The normalized spacial score (nSPS) is 17.2. The molecule has 4 rings (SSSR count). The molecule has 8 nitrogen and oxygen atoms in total. The van der Waals surface area contributed by atoms with Crippen LogP contribution >= 0.6 is 11.6 Å². The molecule has 0 radical (unpaired) electrons. The SMILES string of the molecule is CCOC(=O)c1cc2n(n1)CC(C)(C(=O)NCc1ccc(C)cc1)N(c1cc(Cl)ccc1C)C2=O. The molecule has 2 heterocycles. The van der Waals surface area contributed by atoms with E-state index in [-0.39, 0.29) is 30.4 Å². The number of aryl methyl sites for hydroxylation is 2. The molecular formula is C26H27ClN4O4. The number of nitrogens with zero attached hydrogens (tertiary/aromatic N) is 3. The van der Waals surface area contributed by atoms with E-state index in [9.17, 15) is 14.4 Å². The lowest BCUT2D eigenvalue weighted by Crippen LogP contribution is -2.64. The van der Waals surface area contributed by atoms with Gasteiger partial charge in [0.05, 0.1) is 13.2 Å². The van der Waals surface area contributed by atoms with Crippen molar-refractivity contribution >= 4 is 35.1 Å². The maximum Gasteiger partial charge on any atom is 0.358 e.